The van der Waals surface area contributed by atoms with E-state index in [4.69, 9.17) is 0 Å². The number of benzene rings is 1. The first-order chi connectivity index (χ1) is 7.72. The van der Waals surface area contributed by atoms with Crippen molar-refractivity contribution >= 4 is 33.2 Å². The largest absolute Gasteiger partial charge is 0.275 e. The van der Waals surface area contributed by atoms with E-state index in [1.54, 1.807) is 11.3 Å². The summed E-state index contributed by atoms with van der Waals surface area (Å²) in [5.41, 5.74) is 1.08. The fourth-order valence-corrected chi connectivity index (χ4v) is 2.84. The van der Waals surface area contributed by atoms with Gasteiger partial charge in [-0.15, -0.1) is 11.3 Å². The minimum absolute atomic E-state index is 0.169. The lowest BCUT2D eigenvalue weighted by molar-refractivity contribution is 0.0663. The summed E-state index contributed by atoms with van der Waals surface area (Å²) in [6, 6.07) is 5.61. The summed E-state index contributed by atoms with van der Waals surface area (Å²) in [6.45, 7) is 2.24. The van der Waals surface area contributed by atoms with Gasteiger partial charge in [0, 0.05) is 11.2 Å². The maximum Gasteiger partial charge on any atom is 0.261 e. The molecule has 1 aromatic heterocycles. The minimum Gasteiger partial charge on any atom is -0.275 e. The van der Waals surface area contributed by atoms with Crippen molar-refractivity contribution in [2.45, 2.75) is 6.92 Å². The molecule has 0 saturated carbocycles. The number of carbonyl (C=O) groups is 2. The van der Waals surface area contributed by atoms with Crippen LogP contribution in [0.1, 0.15) is 27.6 Å². The fourth-order valence-electron chi connectivity index (χ4n) is 2.03. The van der Waals surface area contributed by atoms with Crippen molar-refractivity contribution in [1.29, 1.82) is 0 Å². The summed E-state index contributed by atoms with van der Waals surface area (Å²) in [5.74, 6) is -0.339. The quantitative estimate of drug-likeness (QED) is 0.707. The van der Waals surface area contributed by atoms with E-state index in [0.717, 1.165) is 10.1 Å². The molecule has 1 aliphatic rings. The molecular weight excluding hydrogens is 222 g/mol. The van der Waals surface area contributed by atoms with Gasteiger partial charge in [0.2, 0.25) is 0 Å². The first kappa shape index (κ1) is 9.54. The molecule has 0 radical (unpaired) electrons. The van der Waals surface area contributed by atoms with Crippen molar-refractivity contribution in [3.8, 4) is 0 Å². The van der Waals surface area contributed by atoms with E-state index in [-0.39, 0.29) is 11.8 Å². The van der Waals surface area contributed by atoms with Gasteiger partial charge < -0.3 is 0 Å². The van der Waals surface area contributed by atoms with Crippen molar-refractivity contribution in [1.82, 2.24) is 4.90 Å². The second-order valence-electron chi connectivity index (χ2n) is 3.71. The van der Waals surface area contributed by atoms with Crippen LogP contribution < -0.4 is 0 Å². The Bertz CT molecular complexity index is 565. The second kappa shape index (κ2) is 3.15. The third-order valence-electron chi connectivity index (χ3n) is 2.86. The molecule has 2 heterocycles. The van der Waals surface area contributed by atoms with E-state index in [0.29, 0.717) is 17.7 Å². The van der Waals surface area contributed by atoms with Gasteiger partial charge in [0.05, 0.1) is 11.1 Å². The Morgan fingerprint density at radius 1 is 1.19 bits per heavy atom. The molecule has 1 aliphatic heterocycles. The lowest BCUT2D eigenvalue weighted by Gasteiger charge is -2.08. The summed E-state index contributed by atoms with van der Waals surface area (Å²) in [5, 5.41) is 3.00. The molecule has 3 rings (SSSR count). The third-order valence-corrected chi connectivity index (χ3v) is 3.74. The van der Waals surface area contributed by atoms with Crippen molar-refractivity contribution in [2.75, 3.05) is 6.54 Å². The lowest BCUT2D eigenvalue weighted by Crippen LogP contribution is -2.29. The van der Waals surface area contributed by atoms with Crippen LogP contribution in [0.5, 0.6) is 0 Å². The summed E-state index contributed by atoms with van der Waals surface area (Å²) in [7, 11) is 0. The molecule has 2 aromatic rings. The zero-order valence-electron chi connectivity index (χ0n) is 8.69. The first-order valence-corrected chi connectivity index (χ1v) is 5.97. The van der Waals surface area contributed by atoms with Crippen LogP contribution in [0.3, 0.4) is 0 Å². The second-order valence-corrected chi connectivity index (χ2v) is 4.66. The van der Waals surface area contributed by atoms with Gasteiger partial charge in [0.15, 0.2) is 0 Å². The summed E-state index contributed by atoms with van der Waals surface area (Å²) in [6.07, 6.45) is 0. The normalized spacial score (nSPS) is 14.9. The number of rotatable bonds is 1. The molecule has 0 fully saturated rings. The lowest BCUT2D eigenvalue weighted by atomic mass is 10.1. The monoisotopic (exact) mass is 231 g/mol. The molecular formula is C12H9NO2S. The molecule has 2 amide bonds. The topological polar surface area (TPSA) is 37.4 Å². The van der Waals surface area contributed by atoms with Crippen LogP contribution in [-0.2, 0) is 0 Å². The third kappa shape index (κ3) is 1.08. The molecule has 0 bridgehead atoms. The van der Waals surface area contributed by atoms with Crippen LogP contribution in [0.15, 0.2) is 23.6 Å². The number of fused-ring (bicyclic) bond motifs is 2. The molecule has 0 unspecified atom stereocenters. The first-order valence-electron chi connectivity index (χ1n) is 5.10. The highest BCUT2D eigenvalue weighted by atomic mass is 32.1. The van der Waals surface area contributed by atoms with Crippen molar-refractivity contribution in [3.05, 3.63) is 34.7 Å². The zero-order valence-corrected chi connectivity index (χ0v) is 9.50. The van der Waals surface area contributed by atoms with Gasteiger partial charge in [0.25, 0.3) is 11.8 Å². The Balaban J connectivity index is 2.29. The molecule has 1 aromatic carbocycles. The van der Waals surface area contributed by atoms with E-state index in [1.165, 1.54) is 4.90 Å². The molecule has 4 heteroatoms. The highest BCUT2D eigenvalue weighted by Crippen LogP contribution is 2.30. The van der Waals surface area contributed by atoms with E-state index >= 15 is 0 Å². The van der Waals surface area contributed by atoms with Crippen molar-refractivity contribution in [3.63, 3.8) is 0 Å². The summed E-state index contributed by atoms with van der Waals surface area (Å²) >= 11 is 1.58. The average molecular weight is 231 g/mol. The Morgan fingerprint density at radius 3 is 2.56 bits per heavy atom. The Hall–Kier alpha value is -1.68. The number of amides is 2. The Labute approximate surface area is 96.3 Å². The van der Waals surface area contributed by atoms with Crippen molar-refractivity contribution in [2.24, 2.45) is 0 Å². The van der Waals surface area contributed by atoms with Crippen molar-refractivity contribution < 1.29 is 9.59 Å². The smallest absolute Gasteiger partial charge is 0.261 e. The van der Waals surface area contributed by atoms with Crippen LogP contribution in [0, 0.1) is 0 Å². The van der Waals surface area contributed by atoms with Gasteiger partial charge in [-0.05, 0) is 35.9 Å². The van der Waals surface area contributed by atoms with E-state index in [9.17, 15) is 9.59 Å². The number of carbonyl (C=O) groups excluding carboxylic acids is 2. The summed E-state index contributed by atoms with van der Waals surface area (Å²) in [4.78, 5) is 25.1. The highest BCUT2D eigenvalue weighted by molar-refractivity contribution is 7.17. The summed E-state index contributed by atoms with van der Waals surface area (Å²) < 4.78 is 1.05. The average Bonchev–Trinajstić information content (AvgIpc) is 2.82. The van der Waals surface area contributed by atoms with Gasteiger partial charge in [-0.2, -0.15) is 0 Å². The van der Waals surface area contributed by atoms with Gasteiger partial charge in [-0.3, -0.25) is 14.5 Å². The van der Waals surface area contributed by atoms with Gasteiger partial charge in [-0.25, -0.2) is 0 Å². The highest BCUT2D eigenvalue weighted by Gasteiger charge is 2.34. The van der Waals surface area contributed by atoms with Gasteiger partial charge in [0.1, 0.15) is 0 Å². The SMILES string of the molecule is CCN1C(=O)c2cc3ccsc3cc2C1=O. The maximum absolute atomic E-state index is 11.9. The number of hydrogen-bond acceptors (Lipinski definition) is 3. The number of imide groups is 1. The fraction of sp³-hybridized carbons (Fsp3) is 0.167. The predicted molar refractivity (Wildman–Crippen MR) is 62.9 cm³/mol. The Morgan fingerprint density at radius 2 is 1.88 bits per heavy atom. The molecule has 80 valence electrons. The number of hydrogen-bond donors (Lipinski definition) is 0. The van der Waals surface area contributed by atoms with Crippen LogP contribution in [0.25, 0.3) is 10.1 Å². The van der Waals surface area contributed by atoms with Crippen LogP contribution in [0.2, 0.25) is 0 Å². The molecule has 0 saturated heterocycles. The zero-order chi connectivity index (χ0) is 11.3. The number of nitrogens with zero attached hydrogens (tertiary/aromatic N) is 1. The standard InChI is InChI=1S/C12H9NO2S/c1-2-13-11(14)8-5-7-3-4-16-10(7)6-9(8)12(13)15/h3-6H,2H2,1H3. The maximum atomic E-state index is 11.9. The molecule has 0 aliphatic carbocycles. The molecule has 16 heavy (non-hydrogen) atoms. The number of thiophene rings is 1. The van der Waals surface area contributed by atoms with Crippen LogP contribution >= 0.6 is 11.3 Å². The Kier molecular flexibility index (Phi) is 1.88. The van der Waals surface area contributed by atoms with Crippen LogP contribution in [-0.4, -0.2) is 23.3 Å². The predicted octanol–water partition coefficient (Wildman–Crippen LogP) is 2.52. The van der Waals surface area contributed by atoms with Gasteiger partial charge >= 0.3 is 0 Å². The van der Waals surface area contributed by atoms with Gasteiger partial charge in [-0.1, -0.05) is 0 Å². The van der Waals surface area contributed by atoms with E-state index < -0.39 is 0 Å². The molecule has 3 nitrogen and oxygen atoms in total. The minimum atomic E-state index is -0.171. The molecule has 0 N–H and O–H groups in total. The molecule has 0 atom stereocenters. The molecule has 0 spiro atoms. The van der Waals surface area contributed by atoms with Crippen LogP contribution in [0.4, 0.5) is 0 Å². The van der Waals surface area contributed by atoms with E-state index in [1.807, 2.05) is 30.5 Å². The van der Waals surface area contributed by atoms with E-state index in [2.05, 4.69) is 0 Å².